The summed E-state index contributed by atoms with van der Waals surface area (Å²) in [5.74, 6) is 0.412. The van der Waals surface area contributed by atoms with E-state index in [0.717, 1.165) is 32.7 Å². The van der Waals surface area contributed by atoms with Gasteiger partial charge < -0.3 is 9.30 Å². The van der Waals surface area contributed by atoms with Crippen molar-refractivity contribution in [1.82, 2.24) is 14.4 Å². The van der Waals surface area contributed by atoms with Gasteiger partial charge in [0, 0.05) is 57.6 Å². The van der Waals surface area contributed by atoms with Crippen molar-refractivity contribution in [3.8, 4) is 0 Å². The molecule has 1 saturated heterocycles. The molecule has 0 amide bonds. The molecule has 2 aromatic carbocycles. The summed E-state index contributed by atoms with van der Waals surface area (Å²) in [7, 11) is 2.19. The molecule has 0 saturated carbocycles. The van der Waals surface area contributed by atoms with Crippen LogP contribution in [0.3, 0.4) is 0 Å². The van der Waals surface area contributed by atoms with Crippen molar-refractivity contribution >= 4 is 0 Å². The zero-order chi connectivity index (χ0) is 22.1. The molecule has 4 atom stereocenters. The van der Waals surface area contributed by atoms with Gasteiger partial charge in [0.2, 0.25) is 0 Å². The van der Waals surface area contributed by atoms with E-state index in [1.165, 1.54) is 22.4 Å². The summed E-state index contributed by atoms with van der Waals surface area (Å²) in [4.78, 5) is 5.31. The molecular formula is C28H35N3O. The van der Waals surface area contributed by atoms with Crippen LogP contribution in [0.25, 0.3) is 0 Å². The van der Waals surface area contributed by atoms with Gasteiger partial charge in [-0.3, -0.25) is 9.80 Å². The van der Waals surface area contributed by atoms with Crippen LogP contribution in [0.15, 0.2) is 72.9 Å². The maximum Gasteiger partial charge on any atom is 0.0678 e. The lowest BCUT2D eigenvalue weighted by atomic mass is 9.81. The lowest BCUT2D eigenvalue weighted by molar-refractivity contribution is -0.0721. The summed E-state index contributed by atoms with van der Waals surface area (Å²) < 4.78 is 8.35. The number of aryl methyl sites for hydroxylation is 1. The van der Waals surface area contributed by atoms with Gasteiger partial charge in [0.05, 0.1) is 18.2 Å². The molecule has 4 nitrogen and oxygen atoms in total. The Bertz CT molecular complexity index is 1020. The fourth-order valence-electron chi connectivity index (χ4n) is 5.84. The minimum Gasteiger partial charge on any atom is -0.373 e. The van der Waals surface area contributed by atoms with E-state index in [1.54, 1.807) is 0 Å². The Morgan fingerprint density at radius 1 is 0.875 bits per heavy atom. The average molecular weight is 430 g/mol. The Labute approximate surface area is 192 Å². The highest BCUT2D eigenvalue weighted by atomic mass is 16.5. The van der Waals surface area contributed by atoms with Gasteiger partial charge in [0.15, 0.2) is 0 Å². The molecule has 0 radical (unpaired) electrons. The molecule has 4 heteroatoms. The molecule has 1 fully saturated rings. The van der Waals surface area contributed by atoms with E-state index in [-0.39, 0.29) is 12.2 Å². The zero-order valence-corrected chi connectivity index (χ0v) is 19.5. The molecule has 0 bridgehead atoms. The van der Waals surface area contributed by atoms with Crippen molar-refractivity contribution in [2.24, 2.45) is 7.05 Å². The number of rotatable bonds is 5. The Morgan fingerprint density at radius 3 is 2.31 bits per heavy atom. The molecule has 2 aliphatic heterocycles. The van der Waals surface area contributed by atoms with Crippen LogP contribution < -0.4 is 0 Å². The summed E-state index contributed by atoms with van der Waals surface area (Å²) in [6, 6.07) is 24.8. The van der Waals surface area contributed by atoms with Gasteiger partial charge >= 0.3 is 0 Å². The molecule has 3 aromatic rings. The van der Waals surface area contributed by atoms with E-state index in [1.807, 2.05) is 0 Å². The van der Waals surface area contributed by atoms with Crippen LogP contribution in [0, 0.1) is 0 Å². The first kappa shape index (κ1) is 21.4. The molecule has 0 spiro atoms. The second-order valence-corrected chi connectivity index (χ2v) is 9.66. The summed E-state index contributed by atoms with van der Waals surface area (Å²) in [5.41, 5.74) is 5.75. The van der Waals surface area contributed by atoms with E-state index in [2.05, 4.69) is 108 Å². The molecule has 4 unspecified atom stereocenters. The molecular weight excluding hydrogens is 394 g/mol. The van der Waals surface area contributed by atoms with Crippen LogP contribution in [0.5, 0.6) is 0 Å². The average Bonchev–Trinajstić information content (AvgIpc) is 3.19. The number of fused-ring (bicyclic) bond motifs is 1. The maximum absolute atomic E-state index is 6.04. The minimum absolute atomic E-state index is 0.284. The third kappa shape index (κ3) is 4.40. The van der Waals surface area contributed by atoms with Crippen LogP contribution in [0.1, 0.15) is 48.2 Å². The molecule has 0 aliphatic carbocycles. The normalized spacial score (nSPS) is 26.7. The summed E-state index contributed by atoms with van der Waals surface area (Å²) in [6.07, 6.45) is 2.75. The van der Waals surface area contributed by atoms with Crippen molar-refractivity contribution in [3.05, 3.63) is 95.3 Å². The Hall–Kier alpha value is -2.40. The van der Waals surface area contributed by atoms with Crippen molar-refractivity contribution in [1.29, 1.82) is 0 Å². The maximum atomic E-state index is 6.04. The molecule has 0 N–H and O–H groups in total. The largest absolute Gasteiger partial charge is 0.373 e. The molecule has 1 aromatic heterocycles. The second kappa shape index (κ2) is 9.22. The van der Waals surface area contributed by atoms with Gasteiger partial charge in [-0.2, -0.15) is 0 Å². The molecule has 3 heterocycles. The van der Waals surface area contributed by atoms with Crippen LogP contribution in [-0.2, 0) is 24.9 Å². The number of ether oxygens (including phenoxy) is 1. The Kier molecular flexibility index (Phi) is 6.18. The van der Waals surface area contributed by atoms with E-state index in [4.69, 9.17) is 4.74 Å². The highest BCUT2D eigenvalue weighted by Gasteiger charge is 2.39. The van der Waals surface area contributed by atoms with E-state index in [9.17, 15) is 0 Å². The van der Waals surface area contributed by atoms with Crippen molar-refractivity contribution < 1.29 is 4.74 Å². The molecule has 2 aliphatic rings. The first-order chi connectivity index (χ1) is 15.6. The van der Waals surface area contributed by atoms with Crippen molar-refractivity contribution in [3.63, 3.8) is 0 Å². The van der Waals surface area contributed by atoms with Gasteiger partial charge in [0.25, 0.3) is 0 Å². The highest BCUT2D eigenvalue weighted by Crippen LogP contribution is 2.44. The Balaban J connectivity index is 1.54. The zero-order valence-electron chi connectivity index (χ0n) is 19.5. The van der Waals surface area contributed by atoms with Gasteiger partial charge in [-0.15, -0.1) is 0 Å². The minimum atomic E-state index is 0.284. The lowest BCUT2D eigenvalue weighted by Crippen LogP contribution is -2.49. The van der Waals surface area contributed by atoms with Gasteiger partial charge in [-0.25, -0.2) is 0 Å². The van der Waals surface area contributed by atoms with E-state index in [0.29, 0.717) is 12.0 Å². The molecule has 32 heavy (non-hydrogen) atoms. The van der Waals surface area contributed by atoms with Crippen LogP contribution in [0.2, 0.25) is 0 Å². The summed E-state index contributed by atoms with van der Waals surface area (Å²) >= 11 is 0. The van der Waals surface area contributed by atoms with Crippen LogP contribution >= 0.6 is 0 Å². The topological polar surface area (TPSA) is 20.6 Å². The fraction of sp³-hybridized carbons (Fsp3) is 0.429. The standard InChI is InChI=1S/C28H35N3O/c1-21-16-30(17-22(2)32-21)20-26-25-13-8-7-12-24(25)19-31(18-23-10-5-4-6-11-23)28(26)27-14-9-15-29(27)3/h4-15,21-22,26,28H,16-20H2,1-3H3. The third-order valence-electron chi connectivity index (χ3n) is 7.07. The predicted molar refractivity (Wildman–Crippen MR) is 129 cm³/mol. The van der Waals surface area contributed by atoms with Gasteiger partial charge in [-0.1, -0.05) is 54.6 Å². The van der Waals surface area contributed by atoms with E-state index < -0.39 is 0 Å². The lowest BCUT2D eigenvalue weighted by Gasteiger charge is -2.46. The number of nitrogens with zero attached hydrogens (tertiary/aromatic N) is 3. The number of hydrogen-bond donors (Lipinski definition) is 0. The predicted octanol–water partition coefficient (Wildman–Crippen LogP) is 4.98. The summed E-state index contributed by atoms with van der Waals surface area (Å²) in [6.45, 7) is 9.39. The summed E-state index contributed by atoms with van der Waals surface area (Å²) in [5, 5.41) is 0. The number of aromatic nitrogens is 1. The van der Waals surface area contributed by atoms with Gasteiger partial charge in [-0.05, 0) is 42.7 Å². The quantitative estimate of drug-likeness (QED) is 0.571. The SMILES string of the molecule is CC1CN(CC2c3ccccc3CN(Cc3ccccc3)C2c2cccn2C)CC(C)O1. The molecule has 168 valence electrons. The third-order valence-corrected chi connectivity index (χ3v) is 7.07. The monoisotopic (exact) mass is 429 g/mol. The first-order valence-electron chi connectivity index (χ1n) is 11.9. The smallest absolute Gasteiger partial charge is 0.0678 e. The Morgan fingerprint density at radius 2 is 1.59 bits per heavy atom. The molecule has 5 rings (SSSR count). The number of hydrogen-bond acceptors (Lipinski definition) is 3. The second-order valence-electron chi connectivity index (χ2n) is 9.66. The fourth-order valence-corrected chi connectivity index (χ4v) is 5.84. The highest BCUT2D eigenvalue weighted by molar-refractivity contribution is 5.37. The first-order valence-corrected chi connectivity index (χ1v) is 11.9. The van der Waals surface area contributed by atoms with E-state index >= 15 is 0 Å². The van der Waals surface area contributed by atoms with Crippen molar-refractivity contribution in [2.45, 2.75) is 51.1 Å². The van der Waals surface area contributed by atoms with Gasteiger partial charge in [0.1, 0.15) is 0 Å². The number of morpholine rings is 1. The number of benzene rings is 2. The van der Waals surface area contributed by atoms with Crippen LogP contribution in [-0.4, -0.2) is 46.2 Å². The van der Waals surface area contributed by atoms with Crippen LogP contribution in [0.4, 0.5) is 0 Å². The van der Waals surface area contributed by atoms with Crippen molar-refractivity contribution in [2.75, 3.05) is 19.6 Å².